The van der Waals surface area contributed by atoms with Crippen LogP contribution in [0.5, 0.6) is 0 Å². The van der Waals surface area contributed by atoms with Crippen LogP contribution in [0.4, 0.5) is 0 Å². The molecule has 0 heterocycles. The molecule has 0 radical (unpaired) electrons. The summed E-state index contributed by atoms with van der Waals surface area (Å²) in [6.07, 6.45) is 3.47. The molecular weight excluding hydrogens is 86.1 g/mol. The minimum Gasteiger partial charge on any atom is -0.239 e. The van der Waals surface area contributed by atoms with Crippen molar-refractivity contribution >= 4 is 0 Å². The average Bonchev–Trinajstić information content (AvgIpc) is 1.68. The Labute approximate surface area is 43.8 Å². The third-order valence-electron chi connectivity index (χ3n) is 0.503. The van der Waals surface area contributed by atoms with Gasteiger partial charge in [-0.05, 0) is 6.92 Å². The second-order valence-corrected chi connectivity index (χ2v) is 1.10. The van der Waals surface area contributed by atoms with Gasteiger partial charge in [0, 0.05) is 0 Å². The number of hydrogen-bond donors (Lipinski definition) is 0. The first kappa shape index (κ1) is 5.97. The Kier molecular flexibility index (Phi) is 2.70. The van der Waals surface area contributed by atoms with Crippen LogP contribution in [0.25, 0.3) is 4.85 Å². The van der Waals surface area contributed by atoms with E-state index in [2.05, 4.69) is 11.4 Å². The lowest BCUT2D eigenvalue weighted by Crippen LogP contribution is -1.55. The topological polar surface area (TPSA) is 4.36 Å². The Balaban J connectivity index is 3.66. The third-order valence-corrected chi connectivity index (χ3v) is 0.503. The molecule has 0 amide bonds. The summed E-state index contributed by atoms with van der Waals surface area (Å²) in [4.78, 5) is 3.05. The molecule has 0 saturated carbocycles. The molecule has 1 nitrogen and oxygen atoms in total. The Bertz CT molecular complexity index is 126. The van der Waals surface area contributed by atoms with Gasteiger partial charge in [-0.2, -0.15) is 0 Å². The predicted molar refractivity (Wildman–Crippen MR) is 30.6 cm³/mol. The summed E-state index contributed by atoms with van der Waals surface area (Å²) in [6, 6.07) is 0. The fraction of sp³-hybridized carbons (Fsp3) is 0.167. The van der Waals surface area contributed by atoms with Crippen molar-refractivity contribution in [2.45, 2.75) is 6.92 Å². The molecule has 0 aliphatic carbocycles. The van der Waals surface area contributed by atoms with Crippen LogP contribution >= 0.6 is 0 Å². The highest BCUT2D eigenvalue weighted by atomic mass is 14.6. The highest BCUT2D eigenvalue weighted by Crippen LogP contribution is 1.90. The van der Waals surface area contributed by atoms with Crippen molar-refractivity contribution < 1.29 is 0 Å². The standard InChI is InChI=1S/C6H7N/c1-4-5-6(2)7-3/h4-5H,2H2,1H3/b5-4-. The Morgan fingerprint density at radius 2 is 2.43 bits per heavy atom. The summed E-state index contributed by atoms with van der Waals surface area (Å²) in [7, 11) is 0. The van der Waals surface area contributed by atoms with Crippen LogP contribution in [0.2, 0.25) is 0 Å². The minimum absolute atomic E-state index is 0.488. The quantitative estimate of drug-likeness (QED) is 0.345. The molecule has 0 aliphatic rings. The molecule has 0 fully saturated rings. The van der Waals surface area contributed by atoms with E-state index in [1.165, 1.54) is 0 Å². The Morgan fingerprint density at radius 1 is 1.86 bits per heavy atom. The van der Waals surface area contributed by atoms with E-state index in [-0.39, 0.29) is 0 Å². The van der Waals surface area contributed by atoms with Crippen molar-refractivity contribution in [1.29, 1.82) is 0 Å². The van der Waals surface area contributed by atoms with E-state index >= 15 is 0 Å². The summed E-state index contributed by atoms with van der Waals surface area (Å²) in [5.74, 6) is 0. The molecule has 0 saturated heterocycles. The van der Waals surface area contributed by atoms with Crippen molar-refractivity contribution in [3.63, 3.8) is 0 Å². The molecule has 36 valence electrons. The van der Waals surface area contributed by atoms with Crippen molar-refractivity contribution in [2.75, 3.05) is 0 Å². The van der Waals surface area contributed by atoms with Crippen LogP contribution < -0.4 is 0 Å². The van der Waals surface area contributed by atoms with Gasteiger partial charge in [-0.1, -0.05) is 18.7 Å². The first-order valence-corrected chi connectivity index (χ1v) is 2.00. The fourth-order valence-electron chi connectivity index (χ4n) is 0.230. The summed E-state index contributed by atoms with van der Waals surface area (Å²) in [5.41, 5.74) is 0.488. The minimum atomic E-state index is 0.488. The van der Waals surface area contributed by atoms with Gasteiger partial charge in [0.1, 0.15) is 0 Å². The molecule has 0 aromatic heterocycles. The Hall–Kier alpha value is -1.03. The van der Waals surface area contributed by atoms with Crippen LogP contribution in [0.15, 0.2) is 24.4 Å². The third kappa shape index (κ3) is 2.78. The molecule has 0 spiro atoms. The molecule has 0 aliphatic heterocycles. The molecule has 0 aromatic rings. The van der Waals surface area contributed by atoms with Crippen LogP contribution in [0, 0.1) is 6.57 Å². The van der Waals surface area contributed by atoms with E-state index < -0.39 is 0 Å². The number of nitrogens with zero attached hydrogens (tertiary/aromatic N) is 1. The van der Waals surface area contributed by atoms with E-state index in [0.717, 1.165) is 0 Å². The maximum atomic E-state index is 6.39. The lowest BCUT2D eigenvalue weighted by Gasteiger charge is -1.73. The fourth-order valence-corrected chi connectivity index (χ4v) is 0.230. The van der Waals surface area contributed by atoms with Crippen LogP contribution in [-0.2, 0) is 0 Å². The molecule has 0 bridgehead atoms. The molecule has 0 atom stereocenters. The van der Waals surface area contributed by atoms with Crippen molar-refractivity contribution in [3.8, 4) is 0 Å². The second kappa shape index (κ2) is 3.17. The summed E-state index contributed by atoms with van der Waals surface area (Å²) >= 11 is 0. The summed E-state index contributed by atoms with van der Waals surface area (Å²) in [6.45, 7) is 11.7. The van der Waals surface area contributed by atoms with Gasteiger partial charge < -0.3 is 0 Å². The smallest absolute Gasteiger partial charge is 0.179 e. The van der Waals surface area contributed by atoms with Gasteiger partial charge >= 0.3 is 0 Å². The molecular formula is C6H7N. The largest absolute Gasteiger partial charge is 0.239 e. The number of allylic oxidation sites excluding steroid dienone is 2. The zero-order valence-corrected chi connectivity index (χ0v) is 4.31. The lowest BCUT2D eigenvalue weighted by molar-refractivity contribution is 1.66. The molecule has 0 aromatic carbocycles. The SMILES string of the molecule is [C-]#[N+]C(=C)/C=C\C. The zero-order valence-electron chi connectivity index (χ0n) is 4.31. The molecule has 7 heavy (non-hydrogen) atoms. The normalized spacial score (nSPS) is 8.57. The van der Waals surface area contributed by atoms with Gasteiger partial charge in [0.25, 0.3) is 0 Å². The first-order chi connectivity index (χ1) is 3.31. The summed E-state index contributed by atoms with van der Waals surface area (Å²) in [5, 5.41) is 0. The van der Waals surface area contributed by atoms with E-state index in [1.807, 2.05) is 6.92 Å². The second-order valence-electron chi connectivity index (χ2n) is 1.10. The Morgan fingerprint density at radius 3 is 2.57 bits per heavy atom. The van der Waals surface area contributed by atoms with Gasteiger partial charge in [0.2, 0.25) is 0 Å². The average molecular weight is 93.1 g/mol. The van der Waals surface area contributed by atoms with Gasteiger partial charge in [0.15, 0.2) is 5.70 Å². The monoisotopic (exact) mass is 93.1 g/mol. The van der Waals surface area contributed by atoms with E-state index in [9.17, 15) is 0 Å². The maximum absolute atomic E-state index is 6.39. The van der Waals surface area contributed by atoms with Gasteiger partial charge in [-0.25, -0.2) is 4.85 Å². The van der Waals surface area contributed by atoms with Gasteiger partial charge in [0.05, 0.1) is 6.57 Å². The maximum Gasteiger partial charge on any atom is 0.179 e. The van der Waals surface area contributed by atoms with E-state index in [1.54, 1.807) is 12.2 Å². The van der Waals surface area contributed by atoms with Crippen LogP contribution in [0.1, 0.15) is 6.92 Å². The predicted octanol–water partition coefficient (Wildman–Crippen LogP) is 2.00. The highest BCUT2D eigenvalue weighted by Gasteiger charge is 1.74. The number of hydrogen-bond acceptors (Lipinski definition) is 0. The molecule has 0 unspecified atom stereocenters. The van der Waals surface area contributed by atoms with Crippen LogP contribution in [0.3, 0.4) is 0 Å². The summed E-state index contributed by atoms with van der Waals surface area (Å²) < 4.78 is 0. The van der Waals surface area contributed by atoms with Crippen LogP contribution in [-0.4, -0.2) is 0 Å². The first-order valence-electron chi connectivity index (χ1n) is 2.00. The van der Waals surface area contributed by atoms with Crippen molar-refractivity contribution in [3.05, 3.63) is 35.8 Å². The van der Waals surface area contributed by atoms with Crippen molar-refractivity contribution in [2.24, 2.45) is 0 Å². The molecule has 0 N–H and O–H groups in total. The number of rotatable bonds is 1. The highest BCUT2D eigenvalue weighted by molar-refractivity contribution is 5.19. The van der Waals surface area contributed by atoms with E-state index in [0.29, 0.717) is 5.70 Å². The molecule has 0 rings (SSSR count). The van der Waals surface area contributed by atoms with Gasteiger partial charge in [-0.3, -0.25) is 0 Å². The van der Waals surface area contributed by atoms with Gasteiger partial charge in [-0.15, -0.1) is 0 Å². The molecule has 1 heteroatoms. The zero-order chi connectivity index (χ0) is 5.70. The van der Waals surface area contributed by atoms with Crippen molar-refractivity contribution in [1.82, 2.24) is 0 Å². The van der Waals surface area contributed by atoms with E-state index in [4.69, 9.17) is 6.57 Å². The lowest BCUT2D eigenvalue weighted by atomic mass is 10.4.